The van der Waals surface area contributed by atoms with E-state index >= 15 is 0 Å². The third-order valence-corrected chi connectivity index (χ3v) is 4.65. The Labute approximate surface area is 116 Å². The van der Waals surface area contributed by atoms with E-state index < -0.39 is 0 Å². The highest BCUT2D eigenvalue weighted by Gasteiger charge is 2.28. The van der Waals surface area contributed by atoms with Crippen molar-refractivity contribution in [2.75, 3.05) is 26.2 Å². The number of pyridine rings is 1. The van der Waals surface area contributed by atoms with E-state index in [0.29, 0.717) is 0 Å². The Morgan fingerprint density at radius 2 is 2.32 bits per heavy atom. The predicted octanol–water partition coefficient (Wildman–Crippen LogP) is 2.09. The fraction of sp³-hybridized carbons (Fsp3) is 0.688. The minimum atomic E-state index is 0.793. The van der Waals surface area contributed by atoms with Crippen molar-refractivity contribution in [2.45, 2.75) is 38.1 Å². The van der Waals surface area contributed by atoms with Crippen LogP contribution in [0.4, 0.5) is 0 Å². The van der Waals surface area contributed by atoms with Crippen molar-refractivity contribution in [1.82, 2.24) is 15.2 Å². The Bertz CT molecular complexity index is 373. The summed E-state index contributed by atoms with van der Waals surface area (Å²) in [5.74, 6) is 0.880. The number of nitrogens with one attached hydrogen (secondary N) is 1. The monoisotopic (exact) mass is 259 g/mol. The number of rotatable bonds is 4. The molecule has 0 radical (unpaired) electrons. The van der Waals surface area contributed by atoms with Crippen LogP contribution in [-0.4, -0.2) is 42.1 Å². The number of hydrogen-bond acceptors (Lipinski definition) is 3. The van der Waals surface area contributed by atoms with Gasteiger partial charge in [0.1, 0.15) is 0 Å². The largest absolute Gasteiger partial charge is 0.314 e. The van der Waals surface area contributed by atoms with Gasteiger partial charge >= 0.3 is 0 Å². The van der Waals surface area contributed by atoms with Gasteiger partial charge in [-0.25, -0.2) is 0 Å². The second-order valence-corrected chi connectivity index (χ2v) is 6.02. The van der Waals surface area contributed by atoms with Crippen molar-refractivity contribution in [2.24, 2.45) is 5.92 Å². The van der Waals surface area contributed by atoms with Crippen LogP contribution in [0.15, 0.2) is 24.5 Å². The van der Waals surface area contributed by atoms with Gasteiger partial charge in [0.2, 0.25) is 0 Å². The maximum Gasteiger partial charge on any atom is 0.0300 e. The number of piperidine rings is 1. The van der Waals surface area contributed by atoms with E-state index in [1.54, 1.807) is 0 Å². The van der Waals surface area contributed by atoms with Gasteiger partial charge in [-0.05, 0) is 62.7 Å². The van der Waals surface area contributed by atoms with Gasteiger partial charge in [-0.3, -0.25) is 4.98 Å². The Balaban J connectivity index is 1.48. The van der Waals surface area contributed by atoms with Crippen LogP contribution in [0.5, 0.6) is 0 Å². The summed E-state index contributed by atoms with van der Waals surface area (Å²) >= 11 is 0. The minimum Gasteiger partial charge on any atom is -0.314 e. The van der Waals surface area contributed by atoms with Crippen molar-refractivity contribution in [3.8, 4) is 0 Å². The van der Waals surface area contributed by atoms with Crippen LogP contribution in [0.2, 0.25) is 0 Å². The Morgan fingerprint density at radius 1 is 1.32 bits per heavy atom. The lowest BCUT2D eigenvalue weighted by Gasteiger charge is -2.35. The highest BCUT2D eigenvalue weighted by atomic mass is 15.1. The molecular weight excluding hydrogens is 234 g/mol. The van der Waals surface area contributed by atoms with Gasteiger partial charge in [-0.1, -0.05) is 6.07 Å². The van der Waals surface area contributed by atoms with Crippen LogP contribution in [0.1, 0.15) is 31.2 Å². The molecule has 19 heavy (non-hydrogen) atoms. The number of aromatic nitrogens is 1. The van der Waals surface area contributed by atoms with Crippen LogP contribution in [0, 0.1) is 5.92 Å². The summed E-state index contributed by atoms with van der Waals surface area (Å²) in [6, 6.07) is 5.02. The molecule has 2 aliphatic heterocycles. The summed E-state index contributed by atoms with van der Waals surface area (Å²) in [6.07, 6.45) is 10.5. The molecule has 104 valence electrons. The topological polar surface area (TPSA) is 28.2 Å². The first-order valence-corrected chi connectivity index (χ1v) is 7.76. The lowest BCUT2D eigenvalue weighted by molar-refractivity contribution is 0.153. The van der Waals surface area contributed by atoms with E-state index in [9.17, 15) is 0 Å². The predicted molar refractivity (Wildman–Crippen MR) is 78.1 cm³/mol. The number of hydrogen-bond donors (Lipinski definition) is 1. The van der Waals surface area contributed by atoms with Gasteiger partial charge in [-0.15, -0.1) is 0 Å². The van der Waals surface area contributed by atoms with Gasteiger partial charge in [-0.2, -0.15) is 0 Å². The van der Waals surface area contributed by atoms with E-state index in [1.807, 2.05) is 18.5 Å². The normalized spacial score (nSPS) is 28.6. The molecule has 1 aromatic rings. The molecule has 0 saturated carbocycles. The molecule has 1 N–H and O–H groups in total. The SMILES string of the molecule is c1cncc(CCN2CCCC(C3CCCN3)C2)c1. The van der Waals surface area contributed by atoms with Crippen molar-refractivity contribution in [1.29, 1.82) is 0 Å². The summed E-state index contributed by atoms with van der Waals surface area (Å²) in [5.41, 5.74) is 1.36. The average Bonchev–Trinajstić information content (AvgIpc) is 3.01. The van der Waals surface area contributed by atoms with Crippen molar-refractivity contribution < 1.29 is 0 Å². The molecule has 2 unspecified atom stereocenters. The quantitative estimate of drug-likeness (QED) is 0.897. The Morgan fingerprint density at radius 3 is 3.11 bits per heavy atom. The maximum atomic E-state index is 4.20. The van der Waals surface area contributed by atoms with E-state index in [2.05, 4.69) is 21.3 Å². The second-order valence-electron chi connectivity index (χ2n) is 6.02. The van der Waals surface area contributed by atoms with Gasteiger partial charge in [0, 0.05) is 31.5 Å². The molecule has 0 aromatic carbocycles. The molecule has 3 heteroatoms. The second kappa shape index (κ2) is 6.49. The number of nitrogens with zero attached hydrogens (tertiary/aromatic N) is 2. The molecule has 3 heterocycles. The van der Waals surface area contributed by atoms with Crippen molar-refractivity contribution >= 4 is 0 Å². The van der Waals surface area contributed by atoms with E-state index in [0.717, 1.165) is 18.4 Å². The fourth-order valence-electron chi connectivity index (χ4n) is 3.57. The summed E-state index contributed by atoms with van der Waals surface area (Å²) in [4.78, 5) is 6.85. The molecule has 1 aromatic heterocycles. The molecular formula is C16H25N3. The first-order chi connectivity index (χ1) is 9.42. The van der Waals surface area contributed by atoms with Gasteiger partial charge < -0.3 is 10.2 Å². The smallest absolute Gasteiger partial charge is 0.0300 e. The number of likely N-dealkylation sites (tertiary alicyclic amines) is 1. The molecule has 3 nitrogen and oxygen atoms in total. The zero-order chi connectivity index (χ0) is 12.9. The van der Waals surface area contributed by atoms with Gasteiger partial charge in [0.25, 0.3) is 0 Å². The van der Waals surface area contributed by atoms with E-state index in [-0.39, 0.29) is 0 Å². The molecule has 2 aliphatic rings. The zero-order valence-electron chi connectivity index (χ0n) is 11.7. The first-order valence-electron chi connectivity index (χ1n) is 7.76. The summed E-state index contributed by atoms with van der Waals surface area (Å²) in [7, 11) is 0. The fourth-order valence-corrected chi connectivity index (χ4v) is 3.57. The third-order valence-electron chi connectivity index (χ3n) is 4.65. The van der Waals surface area contributed by atoms with E-state index in [4.69, 9.17) is 0 Å². The van der Waals surface area contributed by atoms with Crippen LogP contribution in [-0.2, 0) is 6.42 Å². The third kappa shape index (κ3) is 3.54. The molecule has 2 atom stereocenters. The summed E-state index contributed by atoms with van der Waals surface area (Å²) in [6.45, 7) is 4.99. The van der Waals surface area contributed by atoms with Gasteiger partial charge in [0.15, 0.2) is 0 Å². The molecule has 2 saturated heterocycles. The van der Waals surface area contributed by atoms with Gasteiger partial charge in [0.05, 0.1) is 0 Å². The lowest BCUT2D eigenvalue weighted by atomic mass is 9.89. The van der Waals surface area contributed by atoms with Crippen molar-refractivity contribution in [3.63, 3.8) is 0 Å². The van der Waals surface area contributed by atoms with Crippen LogP contribution < -0.4 is 5.32 Å². The van der Waals surface area contributed by atoms with Crippen molar-refractivity contribution in [3.05, 3.63) is 30.1 Å². The highest BCUT2D eigenvalue weighted by Crippen LogP contribution is 2.24. The van der Waals surface area contributed by atoms with Crippen LogP contribution in [0.25, 0.3) is 0 Å². The van der Waals surface area contributed by atoms with E-state index in [1.165, 1.54) is 57.4 Å². The molecule has 2 fully saturated rings. The van der Waals surface area contributed by atoms with Crippen LogP contribution in [0.3, 0.4) is 0 Å². The molecule has 0 spiro atoms. The zero-order valence-corrected chi connectivity index (χ0v) is 11.7. The molecule has 0 aliphatic carbocycles. The summed E-state index contributed by atoms with van der Waals surface area (Å²) in [5, 5.41) is 3.68. The maximum absolute atomic E-state index is 4.20. The van der Waals surface area contributed by atoms with Crippen LogP contribution >= 0.6 is 0 Å². The summed E-state index contributed by atoms with van der Waals surface area (Å²) < 4.78 is 0. The standard InChI is InChI=1S/C16H25N3/c1-4-14(12-17-8-1)7-11-19-10-3-5-15(13-19)16-6-2-9-18-16/h1,4,8,12,15-16,18H,2-3,5-7,9-11,13H2. The Kier molecular flexibility index (Phi) is 4.46. The lowest BCUT2D eigenvalue weighted by Crippen LogP contribution is -2.44. The molecule has 0 bridgehead atoms. The molecule has 3 rings (SSSR count). The first kappa shape index (κ1) is 13.1. The molecule has 0 amide bonds. The Hall–Kier alpha value is -0.930. The average molecular weight is 259 g/mol. The highest BCUT2D eigenvalue weighted by molar-refractivity contribution is 5.08. The minimum absolute atomic E-state index is 0.793.